The summed E-state index contributed by atoms with van der Waals surface area (Å²) < 4.78 is 32.6. The number of ether oxygens (including phenoxy) is 2. The van der Waals surface area contributed by atoms with Crippen molar-refractivity contribution in [3.05, 3.63) is 97.2 Å². The molecule has 0 aromatic heterocycles. The molecule has 318 valence electrons. The number of phosphoric acid groups is 1. The Kier molecular flexibility index (Phi) is 37.9. The van der Waals surface area contributed by atoms with Gasteiger partial charge in [-0.15, -0.1) is 0 Å². The minimum Gasteiger partial charge on any atom is -0.462 e. The molecule has 0 amide bonds. The first-order valence-corrected chi connectivity index (χ1v) is 22.2. The molecule has 0 aliphatic rings. The van der Waals surface area contributed by atoms with Crippen LogP contribution >= 0.6 is 7.82 Å². The third-order valence-electron chi connectivity index (χ3n) is 8.08. The zero-order valence-electron chi connectivity index (χ0n) is 34.3. The number of hydrogen-bond acceptors (Lipinski definition) is 9. The Morgan fingerprint density at radius 1 is 0.554 bits per heavy atom. The number of unbranched alkanes of at least 4 members (excludes halogenated alkanes) is 10. The highest BCUT2D eigenvalue weighted by atomic mass is 31.2. The van der Waals surface area contributed by atoms with Crippen LogP contribution in [0.4, 0.5) is 0 Å². The van der Waals surface area contributed by atoms with Gasteiger partial charge in [-0.25, -0.2) is 4.57 Å². The van der Waals surface area contributed by atoms with E-state index in [0.29, 0.717) is 12.8 Å². The number of allylic oxidation sites excluding steroid dienone is 16. The van der Waals surface area contributed by atoms with Crippen molar-refractivity contribution in [2.75, 3.05) is 26.4 Å². The maximum Gasteiger partial charge on any atom is 0.472 e. The molecule has 0 spiro atoms. The molecule has 0 fully saturated rings. The zero-order chi connectivity index (χ0) is 41.2. The Labute approximate surface area is 338 Å². The van der Waals surface area contributed by atoms with Crippen LogP contribution in [0.15, 0.2) is 97.2 Å². The van der Waals surface area contributed by atoms with Crippen molar-refractivity contribution in [2.45, 2.75) is 148 Å². The van der Waals surface area contributed by atoms with Crippen molar-refractivity contribution < 1.29 is 47.8 Å². The van der Waals surface area contributed by atoms with Crippen LogP contribution in [0.2, 0.25) is 0 Å². The van der Waals surface area contributed by atoms with Gasteiger partial charge in [0.05, 0.1) is 19.8 Å². The molecule has 0 aliphatic heterocycles. The van der Waals surface area contributed by atoms with Crippen molar-refractivity contribution in [1.82, 2.24) is 0 Å². The summed E-state index contributed by atoms with van der Waals surface area (Å²) in [4.78, 5) is 34.9. The molecule has 2 unspecified atom stereocenters. The second-order valence-electron chi connectivity index (χ2n) is 13.3. The number of carbonyl (C=O) groups excluding carboxylic acids is 2. The second kappa shape index (κ2) is 40.1. The summed E-state index contributed by atoms with van der Waals surface area (Å²) in [6.07, 6.45) is 48.1. The number of aliphatic hydroxyl groups is 2. The average molecular weight is 805 g/mol. The van der Waals surface area contributed by atoms with Gasteiger partial charge in [-0.1, -0.05) is 150 Å². The van der Waals surface area contributed by atoms with E-state index in [1.165, 1.54) is 12.8 Å². The standard InChI is InChI=1S/C45H73O10P/c1-3-5-7-9-11-13-15-17-18-19-20-21-22-23-25-26-28-30-32-34-36-44(48)52-40-43(41-54-56(50,51)53-39-42(47)38-46)55-45(49)37-35-33-31-29-27-24-16-14-12-10-8-6-4-2/h5-8,10-14,16-18,20-21,24,27,42-43,46-47H,3-4,9,15,19,22-23,25-26,28-41H2,1-2H3,(H,50,51)/b7-5+,8-6+,12-10+,13-11+,16-14+,18-17+,21-20+,27-24+/t42-,43?/m1/s1. The van der Waals surface area contributed by atoms with Crippen LogP contribution in [0.5, 0.6) is 0 Å². The lowest BCUT2D eigenvalue weighted by Gasteiger charge is -2.20. The largest absolute Gasteiger partial charge is 0.472 e. The van der Waals surface area contributed by atoms with Gasteiger partial charge in [0, 0.05) is 12.8 Å². The first-order valence-electron chi connectivity index (χ1n) is 20.7. The van der Waals surface area contributed by atoms with Crippen molar-refractivity contribution >= 4 is 19.8 Å². The summed E-state index contributed by atoms with van der Waals surface area (Å²) in [5.74, 6) is -0.995. The molecule has 0 aromatic rings. The van der Waals surface area contributed by atoms with Crippen LogP contribution in [0.1, 0.15) is 136 Å². The molecule has 0 aromatic carbocycles. The molecule has 0 saturated heterocycles. The number of esters is 2. The lowest BCUT2D eigenvalue weighted by atomic mass is 10.1. The molecule has 0 rings (SSSR count). The normalized spacial score (nSPS) is 14.9. The highest BCUT2D eigenvalue weighted by Gasteiger charge is 2.27. The van der Waals surface area contributed by atoms with Crippen LogP contribution in [0.3, 0.4) is 0 Å². The fourth-order valence-corrected chi connectivity index (χ4v) is 5.72. The fourth-order valence-electron chi connectivity index (χ4n) is 4.93. The Balaban J connectivity index is 4.37. The zero-order valence-corrected chi connectivity index (χ0v) is 35.2. The monoisotopic (exact) mass is 804 g/mol. The summed E-state index contributed by atoms with van der Waals surface area (Å²) in [5.41, 5.74) is 0. The van der Waals surface area contributed by atoms with E-state index in [1.807, 2.05) is 36.5 Å². The van der Waals surface area contributed by atoms with Crippen LogP contribution in [0, 0.1) is 0 Å². The molecule has 0 bridgehead atoms. The SMILES string of the molecule is CC/C=C/C=C/C=C/C=C/CCCCCC(=O)OC(COC(=O)CCCCCCCCC/C=C/C/C=C/C/C=C/C/C=C/CC)COP(=O)(O)OC[C@H](O)CO. The summed E-state index contributed by atoms with van der Waals surface area (Å²) in [6.45, 7) is 2.03. The molecule has 3 atom stereocenters. The lowest BCUT2D eigenvalue weighted by Crippen LogP contribution is -2.29. The molecule has 10 nitrogen and oxygen atoms in total. The molecule has 3 N–H and O–H groups in total. The van der Waals surface area contributed by atoms with Gasteiger partial charge in [-0.2, -0.15) is 0 Å². The third-order valence-corrected chi connectivity index (χ3v) is 9.03. The van der Waals surface area contributed by atoms with Gasteiger partial charge in [0.25, 0.3) is 0 Å². The molecule has 0 radical (unpaired) electrons. The summed E-state index contributed by atoms with van der Waals surface area (Å²) in [5, 5.41) is 18.3. The van der Waals surface area contributed by atoms with Crippen LogP contribution in [-0.4, -0.2) is 65.7 Å². The Bertz CT molecular complexity index is 1250. The summed E-state index contributed by atoms with van der Waals surface area (Å²) in [7, 11) is -4.64. The molecule has 11 heteroatoms. The molecular weight excluding hydrogens is 731 g/mol. The maximum atomic E-state index is 12.6. The molecule has 56 heavy (non-hydrogen) atoms. The van der Waals surface area contributed by atoms with Gasteiger partial charge in [-0.05, 0) is 70.6 Å². The number of rotatable bonds is 37. The van der Waals surface area contributed by atoms with Crippen molar-refractivity contribution in [1.29, 1.82) is 0 Å². The Morgan fingerprint density at radius 2 is 1.02 bits per heavy atom. The predicted molar refractivity (Wildman–Crippen MR) is 228 cm³/mol. The lowest BCUT2D eigenvalue weighted by molar-refractivity contribution is -0.161. The van der Waals surface area contributed by atoms with E-state index >= 15 is 0 Å². The van der Waals surface area contributed by atoms with Crippen LogP contribution < -0.4 is 0 Å². The van der Waals surface area contributed by atoms with Gasteiger partial charge >= 0.3 is 19.8 Å². The van der Waals surface area contributed by atoms with Gasteiger partial charge in [0.1, 0.15) is 12.7 Å². The minimum absolute atomic E-state index is 0.130. The van der Waals surface area contributed by atoms with Gasteiger partial charge < -0.3 is 24.6 Å². The van der Waals surface area contributed by atoms with Gasteiger partial charge in [0.15, 0.2) is 6.10 Å². The highest BCUT2D eigenvalue weighted by molar-refractivity contribution is 7.47. The molecule has 0 aliphatic carbocycles. The van der Waals surface area contributed by atoms with E-state index < -0.39 is 51.8 Å². The van der Waals surface area contributed by atoms with E-state index in [1.54, 1.807) is 0 Å². The fraction of sp³-hybridized carbons (Fsp3) is 0.600. The first kappa shape index (κ1) is 52.9. The van der Waals surface area contributed by atoms with Crippen molar-refractivity contribution in [3.8, 4) is 0 Å². The predicted octanol–water partition coefficient (Wildman–Crippen LogP) is 10.8. The highest BCUT2D eigenvalue weighted by Crippen LogP contribution is 2.43. The number of hydrogen-bond donors (Lipinski definition) is 3. The summed E-state index contributed by atoms with van der Waals surface area (Å²) >= 11 is 0. The molecule has 0 saturated carbocycles. The smallest absolute Gasteiger partial charge is 0.462 e. The number of carbonyl (C=O) groups is 2. The van der Waals surface area contributed by atoms with E-state index in [4.69, 9.17) is 19.1 Å². The van der Waals surface area contributed by atoms with E-state index in [-0.39, 0.29) is 19.4 Å². The van der Waals surface area contributed by atoms with E-state index in [2.05, 4.69) is 79.1 Å². The average Bonchev–Trinajstić information content (AvgIpc) is 3.19. The van der Waals surface area contributed by atoms with E-state index in [9.17, 15) is 24.2 Å². The molecular formula is C45H73O10P. The Hall–Kier alpha value is -3.11. The molecule has 0 heterocycles. The Morgan fingerprint density at radius 3 is 1.62 bits per heavy atom. The number of aliphatic hydroxyl groups excluding tert-OH is 2. The topological polar surface area (TPSA) is 149 Å². The first-order chi connectivity index (χ1) is 27.2. The quantitative estimate of drug-likeness (QED) is 0.0182. The minimum atomic E-state index is -4.64. The van der Waals surface area contributed by atoms with E-state index in [0.717, 1.165) is 83.5 Å². The summed E-state index contributed by atoms with van der Waals surface area (Å²) in [6, 6.07) is 0. The van der Waals surface area contributed by atoms with Crippen molar-refractivity contribution in [3.63, 3.8) is 0 Å². The van der Waals surface area contributed by atoms with Crippen LogP contribution in [0.25, 0.3) is 0 Å². The maximum absolute atomic E-state index is 12.6. The second-order valence-corrected chi connectivity index (χ2v) is 14.8. The third kappa shape index (κ3) is 39.1. The van der Waals surface area contributed by atoms with Gasteiger partial charge in [0.2, 0.25) is 0 Å². The van der Waals surface area contributed by atoms with Crippen LogP contribution in [-0.2, 0) is 32.7 Å². The van der Waals surface area contributed by atoms with Gasteiger partial charge in [-0.3, -0.25) is 18.6 Å². The number of phosphoric ester groups is 1. The van der Waals surface area contributed by atoms with Crippen molar-refractivity contribution in [2.24, 2.45) is 0 Å².